The zero-order valence-corrected chi connectivity index (χ0v) is 12.2. The first kappa shape index (κ1) is 13.9. The van der Waals surface area contributed by atoms with E-state index in [9.17, 15) is 4.79 Å². The number of hydrogen-bond donors (Lipinski definition) is 1. The Labute approximate surface area is 115 Å². The van der Waals surface area contributed by atoms with Crippen LogP contribution in [0.5, 0.6) is 0 Å². The Morgan fingerprint density at radius 1 is 1.26 bits per heavy atom. The van der Waals surface area contributed by atoms with Crippen LogP contribution in [0.15, 0.2) is 24.3 Å². The zero-order chi connectivity index (χ0) is 14.0. The van der Waals surface area contributed by atoms with E-state index in [1.54, 1.807) is 12.1 Å². The molecule has 0 amide bonds. The number of anilines is 1. The summed E-state index contributed by atoms with van der Waals surface area (Å²) in [5, 5.41) is 3.58. The molecule has 1 N–H and O–H groups in total. The minimum absolute atomic E-state index is 0.290. The molecule has 0 aromatic heterocycles. The second-order valence-electron chi connectivity index (χ2n) is 6.37. The molecule has 0 bridgehead atoms. The molecule has 3 heteroatoms. The molecule has 1 aromatic rings. The number of nitrogens with one attached hydrogen (secondary N) is 1. The molecule has 2 atom stereocenters. The second kappa shape index (κ2) is 5.24. The van der Waals surface area contributed by atoms with Gasteiger partial charge in [0, 0.05) is 11.7 Å². The third kappa shape index (κ3) is 3.28. The molecule has 1 aliphatic rings. The van der Waals surface area contributed by atoms with Gasteiger partial charge in [-0.05, 0) is 48.4 Å². The van der Waals surface area contributed by atoms with Crippen molar-refractivity contribution in [1.29, 1.82) is 0 Å². The molecule has 1 saturated carbocycles. The molecule has 1 fully saturated rings. The van der Waals surface area contributed by atoms with Gasteiger partial charge in [0.05, 0.1) is 12.7 Å². The van der Waals surface area contributed by atoms with Crippen molar-refractivity contribution in [3.05, 3.63) is 29.8 Å². The lowest BCUT2D eigenvalue weighted by atomic mass is 9.91. The zero-order valence-electron chi connectivity index (χ0n) is 12.2. The Hall–Kier alpha value is -1.51. The summed E-state index contributed by atoms with van der Waals surface area (Å²) in [6.07, 6.45) is 2.44. The van der Waals surface area contributed by atoms with Crippen LogP contribution in [0.25, 0.3) is 0 Å². The standard InChI is InChI=1S/C16H23NO2/c1-11-9-16(2,3)10-14(11)17-13-7-5-12(6-8-13)15(18)19-4/h5-8,11,14,17H,9-10H2,1-4H3. The number of esters is 1. The van der Waals surface area contributed by atoms with E-state index >= 15 is 0 Å². The molecule has 104 valence electrons. The highest BCUT2D eigenvalue weighted by molar-refractivity contribution is 5.89. The quantitative estimate of drug-likeness (QED) is 0.843. The Balaban J connectivity index is 2.02. The van der Waals surface area contributed by atoms with Gasteiger partial charge in [0.15, 0.2) is 0 Å². The number of rotatable bonds is 3. The first-order valence-electron chi connectivity index (χ1n) is 6.86. The molecule has 0 aliphatic heterocycles. The van der Waals surface area contributed by atoms with Crippen LogP contribution >= 0.6 is 0 Å². The Bertz CT molecular complexity index is 450. The van der Waals surface area contributed by atoms with E-state index in [1.165, 1.54) is 20.0 Å². The van der Waals surface area contributed by atoms with Crippen molar-refractivity contribution in [2.24, 2.45) is 11.3 Å². The lowest BCUT2D eigenvalue weighted by Crippen LogP contribution is -2.22. The van der Waals surface area contributed by atoms with Crippen molar-refractivity contribution in [1.82, 2.24) is 0 Å². The topological polar surface area (TPSA) is 38.3 Å². The van der Waals surface area contributed by atoms with Crippen molar-refractivity contribution >= 4 is 11.7 Å². The van der Waals surface area contributed by atoms with Crippen molar-refractivity contribution in [3.63, 3.8) is 0 Å². The third-order valence-corrected chi connectivity index (χ3v) is 3.99. The molecule has 1 aliphatic carbocycles. The normalized spacial score (nSPS) is 25.1. The molecule has 0 saturated heterocycles. The Kier molecular flexibility index (Phi) is 3.83. The molecule has 19 heavy (non-hydrogen) atoms. The van der Waals surface area contributed by atoms with E-state index in [-0.39, 0.29) is 5.97 Å². The minimum atomic E-state index is -0.290. The molecule has 0 heterocycles. The highest BCUT2D eigenvalue weighted by Crippen LogP contribution is 2.42. The number of ether oxygens (including phenoxy) is 1. The lowest BCUT2D eigenvalue weighted by Gasteiger charge is -2.20. The van der Waals surface area contributed by atoms with Gasteiger partial charge in [0.2, 0.25) is 0 Å². The Morgan fingerprint density at radius 2 is 1.89 bits per heavy atom. The first-order valence-corrected chi connectivity index (χ1v) is 6.86. The SMILES string of the molecule is COC(=O)c1ccc(NC2CC(C)(C)CC2C)cc1. The van der Waals surface area contributed by atoms with E-state index in [2.05, 4.69) is 26.1 Å². The van der Waals surface area contributed by atoms with Gasteiger partial charge in [-0.2, -0.15) is 0 Å². The predicted octanol–water partition coefficient (Wildman–Crippen LogP) is 3.71. The molecule has 2 rings (SSSR count). The van der Waals surface area contributed by atoms with Crippen LogP contribution in [0.2, 0.25) is 0 Å². The molecular weight excluding hydrogens is 238 g/mol. The lowest BCUT2D eigenvalue weighted by molar-refractivity contribution is 0.0601. The summed E-state index contributed by atoms with van der Waals surface area (Å²) >= 11 is 0. The van der Waals surface area contributed by atoms with Crippen LogP contribution in [-0.4, -0.2) is 19.1 Å². The molecule has 2 unspecified atom stereocenters. The fraction of sp³-hybridized carbons (Fsp3) is 0.562. The first-order chi connectivity index (χ1) is 8.91. The van der Waals surface area contributed by atoms with Crippen LogP contribution in [0.1, 0.15) is 44.0 Å². The van der Waals surface area contributed by atoms with E-state index in [0.717, 1.165) is 5.69 Å². The van der Waals surface area contributed by atoms with Gasteiger partial charge in [-0.1, -0.05) is 20.8 Å². The number of hydrogen-bond acceptors (Lipinski definition) is 3. The van der Waals surface area contributed by atoms with Gasteiger partial charge in [0.25, 0.3) is 0 Å². The van der Waals surface area contributed by atoms with E-state index in [0.29, 0.717) is 22.9 Å². The average Bonchev–Trinajstić information content (AvgIpc) is 2.62. The van der Waals surface area contributed by atoms with Crippen LogP contribution in [-0.2, 0) is 4.74 Å². The summed E-state index contributed by atoms with van der Waals surface area (Å²) in [6, 6.07) is 8.02. The van der Waals surface area contributed by atoms with Crippen LogP contribution in [0.3, 0.4) is 0 Å². The van der Waals surface area contributed by atoms with Crippen molar-refractivity contribution < 1.29 is 9.53 Å². The van der Waals surface area contributed by atoms with Gasteiger partial charge in [-0.15, -0.1) is 0 Å². The molecule has 3 nitrogen and oxygen atoms in total. The molecule has 0 radical (unpaired) electrons. The van der Waals surface area contributed by atoms with Gasteiger partial charge < -0.3 is 10.1 Å². The van der Waals surface area contributed by atoms with E-state index in [1.807, 2.05) is 12.1 Å². The highest BCUT2D eigenvalue weighted by atomic mass is 16.5. The molecule has 0 spiro atoms. The van der Waals surface area contributed by atoms with Crippen molar-refractivity contribution in [3.8, 4) is 0 Å². The number of benzene rings is 1. The van der Waals surface area contributed by atoms with Crippen LogP contribution in [0, 0.1) is 11.3 Å². The monoisotopic (exact) mass is 261 g/mol. The van der Waals surface area contributed by atoms with Gasteiger partial charge in [-0.3, -0.25) is 0 Å². The second-order valence-corrected chi connectivity index (χ2v) is 6.37. The maximum atomic E-state index is 11.4. The fourth-order valence-electron chi connectivity index (χ4n) is 3.12. The van der Waals surface area contributed by atoms with Crippen LogP contribution < -0.4 is 5.32 Å². The summed E-state index contributed by atoms with van der Waals surface area (Å²) in [5.74, 6) is 0.386. The average molecular weight is 261 g/mol. The highest BCUT2D eigenvalue weighted by Gasteiger charge is 2.36. The predicted molar refractivity (Wildman–Crippen MR) is 77.4 cm³/mol. The maximum absolute atomic E-state index is 11.4. The number of carbonyl (C=O) groups excluding carboxylic acids is 1. The summed E-state index contributed by atoms with van der Waals surface area (Å²) in [5.41, 5.74) is 2.08. The van der Waals surface area contributed by atoms with E-state index in [4.69, 9.17) is 4.74 Å². The minimum Gasteiger partial charge on any atom is -0.465 e. The number of carbonyl (C=O) groups is 1. The number of methoxy groups -OCH3 is 1. The van der Waals surface area contributed by atoms with Gasteiger partial charge in [0.1, 0.15) is 0 Å². The van der Waals surface area contributed by atoms with Gasteiger partial charge in [-0.25, -0.2) is 4.79 Å². The van der Waals surface area contributed by atoms with Crippen molar-refractivity contribution in [2.45, 2.75) is 39.7 Å². The summed E-state index contributed by atoms with van der Waals surface area (Å²) in [6.45, 7) is 6.95. The summed E-state index contributed by atoms with van der Waals surface area (Å²) in [4.78, 5) is 11.4. The largest absolute Gasteiger partial charge is 0.465 e. The molecular formula is C16H23NO2. The van der Waals surface area contributed by atoms with Crippen LogP contribution in [0.4, 0.5) is 5.69 Å². The molecule has 1 aromatic carbocycles. The summed E-state index contributed by atoms with van der Waals surface area (Å²) in [7, 11) is 1.40. The maximum Gasteiger partial charge on any atom is 0.337 e. The fourth-order valence-corrected chi connectivity index (χ4v) is 3.12. The Morgan fingerprint density at radius 3 is 2.37 bits per heavy atom. The third-order valence-electron chi connectivity index (χ3n) is 3.99. The van der Waals surface area contributed by atoms with Crippen molar-refractivity contribution in [2.75, 3.05) is 12.4 Å². The summed E-state index contributed by atoms with van der Waals surface area (Å²) < 4.78 is 4.69. The van der Waals surface area contributed by atoms with Gasteiger partial charge >= 0.3 is 5.97 Å². The smallest absolute Gasteiger partial charge is 0.337 e. The van der Waals surface area contributed by atoms with E-state index < -0.39 is 0 Å².